The van der Waals surface area contributed by atoms with E-state index in [0.29, 0.717) is 5.92 Å². The van der Waals surface area contributed by atoms with Crippen molar-refractivity contribution in [2.45, 2.75) is 39.3 Å². The third kappa shape index (κ3) is 3.27. The predicted molar refractivity (Wildman–Crippen MR) is 66.6 cm³/mol. The summed E-state index contributed by atoms with van der Waals surface area (Å²) in [6.45, 7) is 7.33. The first-order valence-corrected chi connectivity index (χ1v) is 6.84. The molecule has 0 spiro atoms. The highest BCUT2D eigenvalue weighted by Gasteiger charge is 2.20. The summed E-state index contributed by atoms with van der Waals surface area (Å²) in [4.78, 5) is 5.76. The van der Waals surface area contributed by atoms with Gasteiger partial charge in [0, 0.05) is 24.2 Å². The number of hydrogen-bond donors (Lipinski definition) is 1. The molecule has 0 aliphatic carbocycles. The summed E-state index contributed by atoms with van der Waals surface area (Å²) in [6, 6.07) is 0. The number of nitrogens with zero attached hydrogens (tertiary/aromatic N) is 1. The van der Waals surface area contributed by atoms with Gasteiger partial charge in [-0.3, -0.25) is 0 Å². The largest absolute Gasteiger partial charge is 0.371 e. The minimum atomic E-state index is 0.267. The number of rotatable bonds is 5. The fourth-order valence-electron chi connectivity index (χ4n) is 1.81. The van der Waals surface area contributed by atoms with Crippen molar-refractivity contribution in [3.8, 4) is 0 Å². The van der Waals surface area contributed by atoms with Gasteiger partial charge in [-0.25, -0.2) is 4.98 Å². The van der Waals surface area contributed by atoms with E-state index < -0.39 is 0 Å². The summed E-state index contributed by atoms with van der Waals surface area (Å²) < 4.78 is 5.62. The predicted octanol–water partition coefficient (Wildman–Crippen LogP) is 2.74. The highest BCUT2D eigenvalue weighted by atomic mass is 32.1. The average molecular weight is 240 g/mol. The van der Waals surface area contributed by atoms with Gasteiger partial charge in [0.2, 0.25) is 0 Å². The van der Waals surface area contributed by atoms with Crippen molar-refractivity contribution in [1.82, 2.24) is 10.3 Å². The highest BCUT2D eigenvalue weighted by molar-refractivity contribution is 7.11. The Morgan fingerprint density at radius 2 is 2.50 bits per heavy atom. The molecule has 0 bridgehead atoms. The lowest BCUT2D eigenvalue weighted by Crippen LogP contribution is -2.18. The van der Waals surface area contributed by atoms with Crippen molar-refractivity contribution in [3.05, 3.63) is 16.1 Å². The molecule has 1 unspecified atom stereocenters. The zero-order chi connectivity index (χ0) is 11.4. The monoisotopic (exact) mass is 240 g/mol. The molecule has 16 heavy (non-hydrogen) atoms. The van der Waals surface area contributed by atoms with Gasteiger partial charge in [-0.1, -0.05) is 13.8 Å². The molecule has 1 N–H and O–H groups in total. The Kier molecular flexibility index (Phi) is 4.32. The quantitative estimate of drug-likeness (QED) is 0.859. The van der Waals surface area contributed by atoms with E-state index in [0.717, 1.165) is 31.1 Å². The lowest BCUT2D eigenvalue weighted by molar-refractivity contribution is 0.111. The molecule has 0 saturated carbocycles. The van der Waals surface area contributed by atoms with Gasteiger partial charge in [0.15, 0.2) is 0 Å². The van der Waals surface area contributed by atoms with E-state index in [1.165, 1.54) is 11.3 Å². The Morgan fingerprint density at radius 1 is 1.62 bits per heavy atom. The van der Waals surface area contributed by atoms with Gasteiger partial charge >= 0.3 is 0 Å². The Bertz CT molecular complexity index is 319. The molecular formula is C12H20N2OS. The molecule has 2 heterocycles. The normalized spacial score (nSPS) is 20.8. The maximum Gasteiger partial charge on any atom is 0.122 e. The van der Waals surface area contributed by atoms with Crippen LogP contribution in [-0.4, -0.2) is 18.1 Å². The Morgan fingerprint density at radius 3 is 3.19 bits per heavy atom. The van der Waals surface area contributed by atoms with Crippen molar-refractivity contribution >= 4 is 11.3 Å². The minimum absolute atomic E-state index is 0.267. The fourth-order valence-corrected chi connectivity index (χ4v) is 2.78. The smallest absolute Gasteiger partial charge is 0.122 e. The van der Waals surface area contributed by atoms with Crippen molar-refractivity contribution < 1.29 is 4.74 Å². The van der Waals surface area contributed by atoms with Crippen molar-refractivity contribution in [2.24, 2.45) is 5.92 Å². The average Bonchev–Trinajstić information content (AvgIpc) is 2.85. The molecule has 0 aromatic carbocycles. The van der Waals surface area contributed by atoms with Gasteiger partial charge in [0.1, 0.15) is 11.1 Å². The van der Waals surface area contributed by atoms with E-state index in [4.69, 9.17) is 4.74 Å². The van der Waals surface area contributed by atoms with Crippen LogP contribution in [0.5, 0.6) is 0 Å². The van der Waals surface area contributed by atoms with Crippen LogP contribution in [0.1, 0.15) is 42.7 Å². The molecule has 3 nitrogen and oxygen atoms in total. The molecule has 0 radical (unpaired) electrons. The van der Waals surface area contributed by atoms with Crippen LogP contribution in [0.4, 0.5) is 0 Å². The van der Waals surface area contributed by atoms with E-state index in [1.54, 1.807) is 11.3 Å². The molecule has 1 aliphatic heterocycles. The van der Waals surface area contributed by atoms with E-state index in [2.05, 4.69) is 24.1 Å². The van der Waals surface area contributed by atoms with Crippen LogP contribution in [0.3, 0.4) is 0 Å². The van der Waals surface area contributed by atoms with E-state index in [-0.39, 0.29) is 6.10 Å². The van der Waals surface area contributed by atoms with Crippen molar-refractivity contribution in [2.75, 3.05) is 13.2 Å². The summed E-state index contributed by atoms with van der Waals surface area (Å²) in [5.41, 5.74) is 0. The maximum atomic E-state index is 5.62. The minimum Gasteiger partial charge on any atom is -0.371 e. The van der Waals surface area contributed by atoms with Gasteiger partial charge in [0.05, 0.1) is 0 Å². The molecule has 1 fully saturated rings. The van der Waals surface area contributed by atoms with Crippen molar-refractivity contribution in [1.29, 1.82) is 0 Å². The highest BCUT2D eigenvalue weighted by Crippen LogP contribution is 2.31. The second-order valence-corrected chi connectivity index (χ2v) is 5.84. The molecule has 90 valence electrons. The molecule has 1 aromatic rings. The molecule has 0 amide bonds. The zero-order valence-electron chi connectivity index (χ0n) is 10.0. The van der Waals surface area contributed by atoms with Gasteiger partial charge in [-0.15, -0.1) is 11.3 Å². The Hall–Kier alpha value is -0.450. The second-order valence-electron chi connectivity index (χ2n) is 4.69. The zero-order valence-corrected chi connectivity index (χ0v) is 10.8. The van der Waals surface area contributed by atoms with Gasteiger partial charge in [0.25, 0.3) is 0 Å². The van der Waals surface area contributed by atoms with Crippen LogP contribution in [-0.2, 0) is 11.3 Å². The Balaban J connectivity index is 1.82. The molecular weight excluding hydrogens is 220 g/mol. The molecule has 1 atom stereocenters. The van der Waals surface area contributed by atoms with E-state index >= 15 is 0 Å². The van der Waals surface area contributed by atoms with Crippen LogP contribution in [0.2, 0.25) is 0 Å². The molecule has 2 rings (SSSR count). The summed E-state index contributed by atoms with van der Waals surface area (Å²) in [6.07, 6.45) is 4.55. The first-order valence-electron chi connectivity index (χ1n) is 6.02. The summed E-state index contributed by atoms with van der Waals surface area (Å²) in [7, 11) is 0. The van der Waals surface area contributed by atoms with Crippen LogP contribution >= 0.6 is 11.3 Å². The third-order valence-corrected chi connectivity index (χ3v) is 3.72. The van der Waals surface area contributed by atoms with Crippen LogP contribution < -0.4 is 5.32 Å². The SMILES string of the molecule is CC(C)CNCc1cnc(C2CCCO2)s1. The standard InChI is InChI=1S/C12H20N2OS/c1-9(2)6-13-7-10-8-14-12(16-10)11-4-3-5-15-11/h8-9,11,13H,3-7H2,1-2H3. The van der Waals surface area contributed by atoms with Crippen LogP contribution in [0, 0.1) is 5.92 Å². The summed E-state index contributed by atoms with van der Waals surface area (Å²) in [5.74, 6) is 0.700. The summed E-state index contributed by atoms with van der Waals surface area (Å²) in [5, 5.41) is 4.59. The first-order chi connectivity index (χ1) is 7.75. The lowest BCUT2D eigenvalue weighted by Gasteiger charge is -2.05. The van der Waals surface area contributed by atoms with E-state index in [9.17, 15) is 0 Å². The van der Waals surface area contributed by atoms with Crippen LogP contribution in [0.15, 0.2) is 6.20 Å². The van der Waals surface area contributed by atoms with Crippen molar-refractivity contribution in [3.63, 3.8) is 0 Å². The number of ether oxygens (including phenoxy) is 1. The number of aromatic nitrogens is 1. The third-order valence-electron chi connectivity index (χ3n) is 2.63. The first kappa shape index (κ1) is 12.0. The number of thiazole rings is 1. The molecule has 4 heteroatoms. The molecule has 1 aliphatic rings. The topological polar surface area (TPSA) is 34.2 Å². The lowest BCUT2D eigenvalue weighted by atomic mass is 10.2. The fraction of sp³-hybridized carbons (Fsp3) is 0.750. The Labute approximate surface area is 101 Å². The second kappa shape index (κ2) is 5.75. The van der Waals surface area contributed by atoms with Gasteiger partial charge in [-0.2, -0.15) is 0 Å². The van der Waals surface area contributed by atoms with Gasteiger partial charge < -0.3 is 10.1 Å². The van der Waals surface area contributed by atoms with Gasteiger partial charge in [-0.05, 0) is 25.3 Å². The number of nitrogens with one attached hydrogen (secondary N) is 1. The molecule has 1 aromatic heterocycles. The number of hydrogen-bond acceptors (Lipinski definition) is 4. The molecule has 1 saturated heterocycles. The maximum absolute atomic E-state index is 5.62. The van der Waals surface area contributed by atoms with Crippen LogP contribution in [0.25, 0.3) is 0 Å². The van der Waals surface area contributed by atoms with E-state index in [1.807, 2.05) is 6.20 Å². The summed E-state index contributed by atoms with van der Waals surface area (Å²) >= 11 is 1.78.